The molecule has 11 heteroatoms. The number of hydrogen-bond donors (Lipinski definition) is 1. The predicted octanol–water partition coefficient (Wildman–Crippen LogP) is 3.93. The maximum absolute atomic E-state index is 13.3. The number of anilines is 1. The third-order valence-electron chi connectivity index (χ3n) is 5.54. The molecule has 1 aliphatic heterocycles. The zero-order valence-corrected chi connectivity index (χ0v) is 19.9. The molecule has 1 amide bonds. The number of thioether (sulfide) groups is 1. The maximum atomic E-state index is 13.3. The molecule has 1 aliphatic rings. The van der Waals surface area contributed by atoms with Gasteiger partial charge >= 0.3 is 0 Å². The Hall–Kier alpha value is -3.50. The molecule has 0 bridgehead atoms. The summed E-state index contributed by atoms with van der Waals surface area (Å²) in [6, 6.07) is 12.0. The van der Waals surface area contributed by atoms with Crippen LogP contribution in [-0.2, 0) is 4.79 Å². The number of fused-ring (bicyclic) bond motifs is 2. The summed E-state index contributed by atoms with van der Waals surface area (Å²) in [6.07, 6.45) is 1.62. The number of carbonyl (C=O) groups excluding carboxylic acids is 1. The van der Waals surface area contributed by atoms with Crippen LogP contribution in [0.2, 0.25) is 5.02 Å². The number of amides is 1. The quantitative estimate of drug-likeness (QED) is 0.403. The molecule has 3 heterocycles. The molecular weight excluding hydrogens is 478 g/mol. The van der Waals surface area contributed by atoms with Crippen LogP contribution < -0.4 is 20.3 Å². The zero-order valence-electron chi connectivity index (χ0n) is 18.3. The largest absolute Gasteiger partial charge is 0.497 e. The van der Waals surface area contributed by atoms with Crippen molar-refractivity contribution >= 4 is 46.0 Å². The molecule has 1 N–H and O–H groups in total. The molecule has 5 rings (SSSR count). The highest BCUT2D eigenvalue weighted by atomic mass is 35.5. The Labute approximate surface area is 203 Å². The third kappa shape index (κ3) is 3.99. The Bertz CT molecular complexity index is 1450. The van der Waals surface area contributed by atoms with Crippen molar-refractivity contribution in [3.05, 3.63) is 64.0 Å². The number of carbonyl (C=O) groups is 1. The van der Waals surface area contributed by atoms with Gasteiger partial charge < -0.3 is 14.8 Å². The average Bonchev–Trinajstić information content (AvgIpc) is 3.44. The van der Waals surface area contributed by atoms with Crippen molar-refractivity contribution in [1.82, 2.24) is 19.3 Å². The molecule has 9 nitrogen and oxygen atoms in total. The van der Waals surface area contributed by atoms with Crippen LogP contribution in [-0.4, -0.2) is 45.2 Å². The molecule has 34 heavy (non-hydrogen) atoms. The van der Waals surface area contributed by atoms with Gasteiger partial charge in [0.25, 0.3) is 5.56 Å². The van der Waals surface area contributed by atoms with E-state index in [4.69, 9.17) is 26.1 Å². The first-order chi connectivity index (χ1) is 16.5. The standard InChI is InChI=1S/C23H20ClN5O4S/c1-32-16-7-8-19(33-2)18(10-16)26-20(30)9-15-12-34-23-27-21-17(22(31)28(15)23)11-25-29(21)14-5-3-13(24)4-6-14/h3-8,10-11,15H,9,12H2,1-2H3,(H,26,30). The van der Waals surface area contributed by atoms with Crippen molar-refractivity contribution in [2.75, 3.05) is 25.3 Å². The van der Waals surface area contributed by atoms with Crippen LogP contribution in [0.3, 0.4) is 0 Å². The van der Waals surface area contributed by atoms with Gasteiger partial charge in [-0.05, 0) is 36.4 Å². The van der Waals surface area contributed by atoms with E-state index in [-0.39, 0.29) is 23.9 Å². The smallest absolute Gasteiger partial charge is 0.265 e. The molecule has 2 aromatic heterocycles. The molecule has 0 radical (unpaired) electrons. The van der Waals surface area contributed by atoms with Crippen LogP contribution >= 0.6 is 23.4 Å². The fourth-order valence-corrected chi connectivity index (χ4v) is 5.14. The lowest BCUT2D eigenvalue weighted by Gasteiger charge is -2.15. The summed E-state index contributed by atoms with van der Waals surface area (Å²) in [6.45, 7) is 0. The molecule has 174 valence electrons. The Kier molecular flexibility index (Phi) is 5.93. The van der Waals surface area contributed by atoms with Crippen LogP contribution in [0.5, 0.6) is 11.5 Å². The minimum absolute atomic E-state index is 0.110. The third-order valence-corrected chi connectivity index (χ3v) is 6.89. The van der Waals surface area contributed by atoms with Crippen LogP contribution in [0.25, 0.3) is 16.7 Å². The summed E-state index contributed by atoms with van der Waals surface area (Å²) in [5.41, 5.74) is 1.50. The summed E-state index contributed by atoms with van der Waals surface area (Å²) in [5.74, 6) is 1.43. The number of halogens is 1. The monoisotopic (exact) mass is 497 g/mol. The minimum Gasteiger partial charge on any atom is -0.497 e. The highest BCUT2D eigenvalue weighted by Gasteiger charge is 2.30. The summed E-state index contributed by atoms with van der Waals surface area (Å²) in [7, 11) is 3.08. The normalized spacial score (nSPS) is 14.7. The van der Waals surface area contributed by atoms with Crippen molar-refractivity contribution in [2.24, 2.45) is 0 Å². The van der Waals surface area contributed by atoms with E-state index < -0.39 is 0 Å². The van der Waals surface area contributed by atoms with Gasteiger partial charge in [-0.25, -0.2) is 9.67 Å². The number of nitrogens with one attached hydrogen (secondary N) is 1. The number of ether oxygens (including phenoxy) is 2. The van der Waals surface area contributed by atoms with Crippen LogP contribution in [0, 0.1) is 0 Å². The molecule has 1 atom stereocenters. The minimum atomic E-state index is -0.333. The number of aromatic nitrogens is 4. The average molecular weight is 498 g/mol. The van der Waals surface area contributed by atoms with E-state index in [1.165, 1.54) is 25.1 Å². The van der Waals surface area contributed by atoms with Crippen molar-refractivity contribution in [3.63, 3.8) is 0 Å². The fraction of sp³-hybridized carbons (Fsp3) is 0.217. The Morgan fingerprint density at radius 3 is 2.74 bits per heavy atom. The molecular formula is C23H20ClN5O4S. The van der Waals surface area contributed by atoms with Crippen molar-refractivity contribution in [2.45, 2.75) is 17.6 Å². The number of hydrogen-bond acceptors (Lipinski definition) is 7. The number of methoxy groups -OCH3 is 2. The van der Waals surface area contributed by atoms with E-state index in [2.05, 4.69) is 10.4 Å². The van der Waals surface area contributed by atoms with Gasteiger partial charge in [-0.15, -0.1) is 0 Å². The molecule has 1 unspecified atom stereocenters. The topological polar surface area (TPSA) is 100 Å². The van der Waals surface area contributed by atoms with E-state index >= 15 is 0 Å². The number of rotatable bonds is 6. The first-order valence-electron chi connectivity index (χ1n) is 10.4. The second-order valence-electron chi connectivity index (χ2n) is 7.62. The zero-order chi connectivity index (χ0) is 23.8. The van der Waals surface area contributed by atoms with Gasteiger partial charge in [-0.3, -0.25) is 14.2 Å². The first-order valence-corrected chi connectivity index (χ1v) is 11.8. The maximum Gasteiger partial charge on any atom is 0.265 e. The molecule has 2 aromatic carbocycles. The summed E-state index contributed by atoms with van der Waals surface area (Å²) < 4.78 is 13.8. The highest BCUT2D eigenvalue weighted by Crippen LogP contribution is 2.34. The first kappa shape index (κ1) is 22.3. The summed E-state index contributed by atoms with van der Waals surface area (Å²) >= 11 is 7.43. The van der Waals surface area contributed by atoms with Crippen molar-refractivity contribution < 1.29 is 14.3 Å². The SMILES string of the molecule is COc1ccc(OC)c(NC(=O)CC2CSc3nc4c(cnn4-c4ccc(Cl)cc4)c(=O)n32)c1. The van der Waals surface area contributed by atoms with Crippen LogP contribution in [0.1, 0.15) is 12.5 Å². The lowest BCUT2D eigenvalue weighted by Crippen LogP contribution is -2.27. The van der Waals surface area contributed by atoms with Crippen molar-refractivity contribution in [3.8, 4) is 17.2 Å². The van der Waals surface area contributed by atoms with E-state index in [0.29, 0.717) is 44.2 Å². The van der Waals surface area contributed by atoms with E-state index in [9.17, 15) is 9.59 Å². The number of nitrogens with zero attached hydrogens (tertiary/aromatic N) is 4. The lowest BCUT2D eigenvalue weighted by molar-refractivity contribution is -0.116. The highest BCUT2D eigenvalue weighted by molar-refractivity contribution is 7.99. The Balaban J connectivity index is 1.42. The van der Waals surface area contributed by atoms with Gasteiger partial charge in [-0.2, -0.15) is 5.10 Å². The molecule has 0 spiro atoms. The molecule has 0 fully saturated rings. The second kappa shape index (κ2) is 9.03. The number of benzene rings is 2. The molecule has 0 saturated carbocycles. The molecule has 0 aliphatic carbocycles. The fourth-order valence-electron chi connectivity index (χ4n) is 3.88. The van der Waals surface area contributed by atoms with Gasteiger partial charge in [0.2, 0.25) is 5.91 Å². The van der Waals surface area contributed by atoms with E-state index in [1.807, 2.05) is 12.1 Å². The Morgan fingerprint density at radius 1 is 1.21 bits per heavy atom. The van der Waals surface area contributed by atoms with Gasteiger partial charge in [0.1, 0.15) is 16.9 Å². The summed E-state index contributed by atoms with van der Waals surface area (Å²) in [4.78, 5) is 30.9. The summed E-state index contributed by atoms with van der Waals surface area (Å²) in [5, 5.41) is 8.78. The van der Waals surface area contributed by atoms with Gasteiger partial charge in [0.15, 0.2) is 10.8 Å². The second-order valence-corrected chi connectivity index (χ2v) is 9.05. The van der Waals surface area contributed by atoms with Crippen molar-refractivity contribution in [1.29, 1.82) is 0 Å². The van der Waals surface area contributed by atoms with Crippen LogP contribution in [0.4, 0.5) is 5.69 Å². The van der Waals surface area contributed by atoms with E-state index in [1.54, 1.807) is 46.7 Å². The van der Waals surface area contributed by atoms with Gasteiger partial charge in [0, 0.05) is 23.3 Å². The molecule has 4 aromatic rings. The molecule has 0 saturated heterocycles. The van der Waals surface area contributed by atoms with E-state index in [0.717, 1.165) is 5.69 Å². The van der Waals surface area contributed by atoms with Gasteiger partial charge in [-0.1, -0.05) is 23.4 Å². The Morgan fingerprint density at radius 2 is 2.00 bits per heavy atom. The predicted molar refractivity (Wildman–Crippen MR) is 131 cm³/mol. The lowest BCUT2D eigenvalue weighted by atomic mass is 10.2. The van der Waals surface area contributed by atoms with Crippen LogP contribution in [0.15, 0.2) is 58.6 Å². The van der Waals surface area contributed by atoms with Gasteiger partial charge in [0.05, 0.1) is 37.8 Å².